The Morgan fingerprint density at radius 3 is 0.753 bits per heavy atom. The predicted molar refractivity (Wildman–Crippen MR) is 334 cm³/mol. The average Bonchev–Trinajstić information content (AvgIpc) is 3.43. The van der Waals surface area contributed by atoms with Gasteiger partial charge in [-0.2, -0.15) is 0 Å². The molecule has 0 fully saturated rings. The number of hydrogen-bond acceptors (Lipinski definition) is 6. The van der Waals surface area contributed by atoms with Gasteiger partial charge in [0.1, 0.15) is 13.2 Å². The molecule has 6 heteroatoms. The van der Waals surface area contributed by atoms with Gasteiger partial charge in [-0.25, -0.2) is 0 Å². The zero-order valence-corrected chi connectivity index (χ0v) is 51.0. The summed E-state index contributed by atoms with van der Waals surface area (Å²) in [6.07, 6.45) is 85.8. The molecule has 0 bridgehead atoms. The van der Waals surface area contributed by atoms with Crippen LogP contribution in [0.2, 0.25) is 0 Å². The summed E-state index contributed by atoms with van der Waals surface area (Å²) in [5.74, 6) is -0.897. The van der Waals surface area contributed by atoms with Gasteiger partial charge in [-0.15, -0.1) is 0 Å². The van der Waals surface area contributed by atoms with Crippen molar-refractivity contribution in [3.63, 3.8) is 0 Å². The summed E-state index contributed by atoms with van der Waals surface area (Å²) in [7, 11) is 0. The van der Waals surface area contributed by atoms with Crippen molar-refractivity contribution in [1.29, 1.82) is 0 Å². The minimum atomic E-state index is -0.790. The van der Waals surface area contributed by atoms with Crippen molar-refractivity contribution in [1.82, 2.24) is 0 Å². The Morgan fingerprint density at radius 2 is 0.468 bits per heavy atom. The zero-order chi connectivity index (χ0) is 55.7. The largest absolute Gasteiger partial charge is 0.462 e. The number of carbonyl (C=O) groups excluding carboxylic acids is 3. The number of hydrogen-bond donors (Lipinski definition) is 0. The molecule has 77 heavy (non-hydrogen) atoms. The molecule has 0 radical (unpaired) electrons. The van der Waals surface area contributed by atoms with Crippen molar-refractivity contribution in [2.24, 2.45) is 0 Å². The van der Waals surface area contributed by atoms with Crippen LogP contribution < -0.4 is 0 Å². The average molecular weight is 1070 g/mol. The van der Waals surface area contributed by atoms with E-state index in [4.69, 9.17) is 14.2 Å². The molecule has 0 aromatic carbocycles. The van der Waals surface area contributed by atoms with Gasteiger partial charge in [-0.3, -0.25) is 14.4 Å². The molecule has 0 spiro atoms. The molecule has 0 aromatic rings. The van der Waals surface area contributed by atoms with E-state index in [-0.39, 0.29) is 31.1 Å². The van der Waals surface area contributed by atoms with Gasteiger partial charge >= 0.3 is 17.9 Å². The van der Waals surface area contributed by atoms with Crippen molar-refractivity contribution in [2.45, 2.75) is 335 Å². The van der Waals surface area contributed by atoms with Crippen LogP contribution in [0, 0.1) is 0 Å². The molecular weight excluding hydrogens is 949 g/mol. The smallest absolute Gasteiger partial charge is 0.306 e. The summed E-state index contributed by atoms with van der Waals surface area (Å²) in [4.78, 5) is 38.4. The highest BCUT2D eigenvalue weighted by atomic mass is 16.6. The highest BCUT2D eigenvalue weighted by Gasteiger charge is 2.19. The lowest BCUT2D eigenvalue weighted by Crippen LogP contribution is -2.30. The van der Waals surface area contributed by atoms with Gasteiger partial charge < -0.3 is 14.2 Å². The fourth-order valence-electron chi connectivity index (χ4n) is 9.33. The minimum absolute atomic E-state index is 0.0860. The molecule has 0 rings (SSSR count). The second-order valence-electron chi connectivity index (χ2n) is 22.0. The van der Waals surface area contributed by atoms with Gasteiger partial charge in [0, 0.05) is 19.3 Å². The van der Waals surface area contributed by atoms with Crippen molar-refractivity contribution in [3.8, 4) is 0 Å². The Balaban J connectivity index is 4.42. The first-order chi connectivity index (χ1) is 38.0. The summed E-state index contributed by atoms with van der Waals surface area (Å²) in [6.45, 7) is 6.61. The third kappa shape index (κ3) is 63.3. The van der Waals surface area contributed by atoms with E-state index in [2.05, 4.69) is 106 Å². The molecule has 0 saturated heterocycles. The molecular formula is C71H124O6. The maximum atomic E-state index is 12.9. The van der Waals surface area contributed by atoms with Crippen LogP contribution in [-0.4, -0.2) is 37.2 Å². The van der Waals surface area contributed by atoms with Gasteiger partial charge in [-0.1, -0.05) is 273 Å². The standard InChI is InChI=1S/C71H124O6/c1-4-7-10-13-16-19-22-25-28-31-33-35-37-40-43-46-49-52-55-58-61-64-70(73)76-67-68(66-75-69(72)63-60-57-54-51-48-45-42-39-30-27-24-21-18-15-12-9-6-3)77-71(74)65-62-59-56-53-50-47-44-41-38-36-34-32-29-26-23-20-17-14-11-8-5-2/h18,21-23,25-27,30-34,37,40,68H,4-17,19-20,24,28-29,35-36,38-39,41-67H2,1-3H3/b21-18-,25-22-,26-23-,30-27-,33-31-,34-32-,40-37-. The van der Waals surface area contributed by atoms with Crippen molar-refractivity contribution < 1.29 is 28.6 Å². The van der Waals surface area contributed by atoms with Crippen LogP contribution >= 0.6 is 0 Å². The molecule has 0 heterocycles. The number of carbonyl (C=O) groups is 3. The maximum Gasteiger partial charge on any atom is 0.306 e. The van der Waals surface area contributed by atoms with Crippen LogP contribution in [0.4, 0.5) is 0 Å². The van der Waals surface area contributed by atoms with Crippen LogP contribution in [0.25, 0.3) is 0 Å². The fraction of sp³-hybridized carbons (Fsp3) is 0.761. The van der Waals surface area contributed by atoms with Gasteiger partial charge in [-0.05, 0) is 122 Å². The Hall–Kier alpha value is -3.41. The summed E-state index contributed by atoms with van der Waals surface area (Å²) in [6, 6.07) is 0. The maximum absolute atomic E-state index is 12.9. The first kappa shape index (κ1) is 73.6. The minimum Gasteiger partial charge on any atom is -0.462 e. The second-order valence-corrected chi connectivity index (χ2v) is 22.0. The van der Waals surface area contributed by atoms with Crippen LogP contribution in [0.3, 0.4) is 0 Å². The molecule has 0 aromatic heterocycles. The number of unbranched alkanes of at least 4 members (excludes halogenated alkanes) is 35. The summed E-state index contributed by atoms with van der Waals surface area (Å²) < 4.78 is 16.9. The predicted octanol–water partition coefficient (Wildman–Crippen LogP) is 22.7. The van der Waals surface area contributed by atoms with Crippen molar-refractivity contribution in [3.05, 3.63) is 85.1 Å². The molecule has 1 atom stereocenters. The Labute approximate surface area is 477 Å². The molecule has 0 aliphatic carbocycles. The van der Waals surface area contributed by atoms with E-state index in [0.29, 0.717) is 19.3 Å². The summed E-state index contributed by atoms with van der Waals surface area (Å²) >= 11 is 0. The normalized spacial score (nSPS) is 12.6. The topological polar surface area (TPSA) is 78.9 Å². The van der Waals surface area contributed by atoms with Crippen LogP contribution in [0.1, 0.15) is 329 Å². The zero-order valence-electron chi connectivity index (χ0n) is 51.0. The monoisotopic (exact) mass is 1070 g/mol. The molecule has 0 amide bonds. The highest BCUT2D eigenvalue weighted by molar-refractivity contribution is 5.71. The molecule has 0 aliphatic heterocycles. The Bertz CT molecular complexity index is 1470. The molecule has 0 aliphatic rings. The summed E-state index contributed by atoms with van der Waals surface area (Å²) in [5.41, 5.74) is 0. The van der Waals surface area contributed by atoms with E-state index in [1.54, 1.807) is 0 Å². The van der Waals surface area contributed by atoms with Gasteiger partial charge in [0.2, 0.25) is 0 Å². The lowest BCUT2D eigenvalue weighted by atomic mass is 10.1. The lowest BCUT2D eigenvalue weighted by Gasteiger charge is -2.18. The second kappa shape index (κ2) is 65.1. The fourth-order valence-corrected chi connectivity index (χ4v) is 9.33. The van der Waals surface area contributed by atoms with E-state index in [0.717, 1.165) is 96.3 Å². The Kier molecular flexibility index (Phi) is 62.2. The summed E-state index contributed by atoms with van der Waals surface area (Å²) in [5, 5.41) is 0. The highest BCUT2D eigenvalue weighted by Crippen LogP contribution is 2.16. The molecule has 6 nitrogen and oxygen atoms in total. The third-order valence-corrected chi connectivity index (χ3v) is 14.3. The van der Waals surface area contributed by atoms with Gasteiger partial charge in [0.15, 0.2) is 6.10 Å². The van der Waals surface area contributed by atoms with E-state index >= 15 is 0 Å². The molecule has 1 unspecified atom stereocenters. The number of rotatable bonds is 60. The van der Waals surface area contributed by atoms with E-state index in [9.17, 15) is 14.4 Å². The lowest BCUT2D eigenvalue weighted by molar-refractivity contribution is -0.167. The van der Waals surface area contributed by atoms with E-state index in [1.807, 2.05) is 0 Å². The number of esters is 3. The number of allylic oxidation sites excluding steroid dienone is 14. The Morgan fingerprint density at radius 1 is 0.260 bits per heavy atom. The van der Waals surface area contributed by atoms with Gasteiger partial charge in [0.25, 0.3) is 0 Å². The SMILES string of the molecule is CCCCC/C=C\C/C=C\CCCCCCCCCC(=O)OCC(COC(=O)CCCCCCCC/C=C\C/C=C\C/C=C\CCCCCCC)OC(=O)CCCCCCCCCCC/C=C\C/C=C\CCCCCCC. The van der Waals surface area contributed by atoms with Crippen molar-refractivity contribution in [2.75, 3.05) is 13.2 Å². The first-order valence-electron chi connectivity index (χ1n) is 33.1. The molecule has 444 valence electrons. The van der Waals surface area contributed by atoms with E-state index in [1.165, 1.54) is 193 Å². The van der Waals surface area contributed by atoms with Crippen LogP contribution in [-0.2, 0) is 28.6 Å². The molecule has 0 saturated carbocycles. The third-order valence-electron chi connectivity index (χ3n) is 14.3. The quantitative estimate of drug-likeness (QED) is 0.0261. The van der Waals surface area contributed by atoms with Crippen LogP contribution in [0.15, 0.2) is 85.1 Å². The van der Waals surface area contributed by atoms with Gasteiger partial charge in [0.05, 0.1) is 0 Å². The van der Waals surface area contributed by atoms with Crippen LogP contribution in [0.5, 0.6) is 0 Å². The van der Waals surface area contributed by atoms with Crippen molar-refractivity contribution >= 4 is 17.9 Å². The molecule has 0 N–H and O–H groups in total. The van der Waals surface area contributed by atoms with E-state index < -0.39 is 6.10 Å². The first-order valence-corrected chi connectivity index (χ1v) is 33.1. The number of ether oxygens (including phenoxy) is 3.